The summed E-state index contributed by atoms with van der Waals surface area (Å²) >= 11 is 1.38. The lowest BCUT2D eigenvalue weighted by atomic mass is 10.1. The third kappa shape index (κ3) is 4.39. The quantitative estimate of drug-likeness (QED) is 0.593. The van der Waals surface area contributed by atoms with Crippen molar-refractivity contribution in [3.8, 4) is 5.69 Å². The first-order chi connectivity index (χ1) is 13.0. The Hall–Kier alpha value is -2.60. The first-order valence-electron chi connectivity index (χ1n) is 8.67. The molecule has 0 unspecified atom stereocenters. The van der Waals surface area contributed by atoms with E-state index in [0.717, 1.165) is 10.8 Å². The maximum absolute atomic E-state index is 13.8. The highest BCUT2D eigenvalue weighted by molar-refractivity contribution is 7.99. The number of imidazole rings is 1. The van der Waals surface area contributed by atoms with E-state index in [0.29, 0.717) is 5.56 Å². The van der Waals surface area contributed by atoms with Gasteiger partial charge in [-0.25, -0.2) is 9.37 Å². The molecule has 0 bridgehead atoms. The van der Waals surface area contributed by atoms with E-state index in [1.54, 1.807) is 31.4 Å². The first kappa shape index (κ1) is 19.2. The standard InChI is InChI=1S/C21H22FN3OS/c1-15-7-6-10-19(16(15)2)25-12-11-23-21(25)27-14-20(26)24(3)13-17-8-4-5-9-18(17)22/h4-12H,13-14H2,1-3H3. The fourth-order valence-electron chi connectivity index (χ4n) is 2.78. The minimum absolute atomic E-state index is 0.0706. The summed E-state index contributed by atoms with van der Waals surface area (Å²) in [4.78, 5) is 18.4. The third-order valence-electron chi connectivity index (χ3n) is 4.56. The number of hydrogen-bond donors (Lipinski definition) is 0. The van der Waals surface area contributed by atoms with Gasteiger partial charge >= 0.3 is 0 Å². The molecule has 4 nitrogen and oxygen atoms in total. The Morgan fingerprint density at radius 2 is 1.96 bits per heavy atom. The van der Waals surface area contributed by atoms with Crippen LogP contribution in [-0.4, -0.2) is 33.2 Å². The Kier molecular flexibility index (Phi) is 5.96. The molecule has 0 fully saturated rings. The first-order valence-corrected chi connectivity index (χ1v) is 9.66. The zero-order valence-corrected chi connectivity index (χ0v) is 16.5. The van der Waals surface area contributed by atoms with Crippen LogP contribution in [0.15, 0.2) is 60.0 Å². The van der Waals surface area contributed by atoms with Gasteiger partial charge in [0.05, 0.1) is 11.4 Å². The number of halogens is 1. The Morgan fingerprint density at radius 3 is 2.74 bits per heavy atom. The second kappa shape index (κ2) is 8.39. The summed E-state index contributed by atoms with van der Waals surface area (Å²) in [5.74, 6) is -0.124. The maximum atomic E-state index is 13.8. The number of thioether (sulfide) groups is 1. The Bertz CT molecular complexity index is 954. The zero-order chi connectivity index (χ0) is 19.4. The van der Waals surface area contributed by atoms with Crippen LogP contribution in [0, 0.1) is 19.7 Å². The molecule has 27 heavy (non-hydrogen) atoms. The Morgan fingerprint density at radius 1 is 1.19 bits per heavy atom. The summed E-state index contributed by atoms with van der Waals surface area (Å²) in [7, 11) is 1.69. The molecule has 0 N–H and O–H groups in total. The average molecular weight is 383 g/mol. The van der Waals surface area contributed by atoms with Gasteiger partial charge in [0.2, 0.25) is 5.91 Å². The summed E-state index contributed by atoms with van der Waals surface area (Å²) in [5, 5.41) is 0.761. The van der Waals surface area contributed by atoms with Crippen molar-refractivity contribution in [2.75, 3.05) is 12.8 Å². The summed E-state index contributed by atoms with van der Waals surface area (Å²) in [6.45, 7) is 4.40. The number of carbonyl (C=O) groups excluding carboxylic acids is 1. The third-order valence-corrected chi connectivity index (χ3v) is 5.51. The number of nitrogens with zero attached hydrogens (tertiary/aromatic N) is 3. The van der Waals surface area contributed by atoms with Crippen molar-refractivity contribution in [3.05, 3.63) is 77.4 Å². The molecule has 1 heterocycles. The molecule has 1 aromatic heterocycles. The number of amides is 1. The van der Waals surface area contributed by atoms with Crippen molar-refractivity contribution in [3.63, 3.8) is 0 Å². The van der Waals surface area contributed by atoms with Gasteiger partial charge in [0.1, 0.15) is 5.82 Å². The van der Waals surface area contributed by atoms with Crippen molar-refractivity contribution >= 4 is 17.7 Å². The van der Waals surface area contributed by atoms with E-state index in [-0.39, 0.29) is 24.0 Å². The smallest absolute Gasteiger partial charge is 0.233 e. The minimum atomic E-state index is -0.296. The Balaban J connectivity index is 1.67. The van der Waals surface area contributed by atoms with Gasteiger partial charge in [0.15, 0.2) is 5.16 Å². The van der Waals surface area contributed by atoms with Crippen LogP contribution in [0.2, 0.25) is 0 Å². The summed E-state index contributed by atoms with van der Waals surface area (Å²) in [6, 6.07) is 12.6. The molecule has 0 aliphatic rings. The largest absolute Gasteiger partial charge is 0.341 e. The number of benzene rings is 2. The van der Waals surface area contributed by atoms with Crippen LogP contribution < -0.4 is 0 Å². The molecule has 140 valence electrons. The average Bonchev–Trinajstić information content (AvgIpc) is 3.12. The molecule has 3 aromatic rings. The molecule has 6 heteroatoms. The molecule has 0 aliphatic carbocycles. The van der Waals surface area contributed by atoms with E-state index >= 15 is 0 Å². The van der Waals surface area contributed by atoms with Gasteiger partial charge in [-0.1, -0.05) is 42.1 Å². The van der Waals surface area contributed by atoms with E-state index < -0.39 is 0 Å². The molecule has 2 aromatic carbocycles. The summed E-state index contributed by atoms with van der Waals surface area (Å²) < 4.78 is 15.8. The van der Waals surface area contributed by atoms with Crippen LogP contribution in [-0.2, 0) is 11.3 Å². The fourth-order valence-corrected chi connectivity index (χ4v) is 3.69. The van der Waals surface area contributed by atoms with Crippen molar-refractivity contribution in [2.24, 2.45) is 0 Å². The highest BCUT2D eigenvalue weighted by Crippen LogP contribution is 2.24. The Labute approximate surface area is 163 Å². The van der Waals surface area contributed by atoms with E-state index in [1.807, 2.05) is 22.9 Å². The van der Waals surface area contributed by atoms with Gasteiger partial charge in [-0.3, -0.25) is 9.36 Å². The maximum Gasteiger partial charge on any atom is 0.233 e. The van der Waals surface area contributed by atoms with Gasteiger partial charge in [-0.05, 0) is 37.1 Å². The topological polar surface area (TPSA) is 38.1 Å². The number of hydrogen-bond acceptors (Lipinski definition) is 3. The number of aryl methyl sites for hydroxylation is 1. The van der Waals surface area contributed by atoms with E-state index in [9.17, 15) is 9.18 Å². The monoisotopic (exact) mass is 383 g/mol. The second-order valence-corrected chi connectivity index (χ2v) is 7.37. The highest BCUT2D eigenvalue weighted by atomic mass is 32.2. The molecule has 0 atom stereocenters. The lowest BCUT2D eigenvalue weighted by Crippen LogP contribution is -2.28. The van der Waals surface area contributed by atoms with E-state index in [4.69, 9.17) is 0 Å². The van der Waals surface area contributed by atoms with Crippen LogP contribution in [0.3, 0.4) is 0 Å². The van der Waals surface area contributed by atoms with Crippen molar-refractivity contribution < 1.29 is 9.18 Å². The predicted molar refractivity (Wildman–Crippen MR) is 107 cm³/mol. The fraction of sp³-hybridized carbons (Fsp3) is 0.238. The molecule has 3 rings (SSSR count). The van der Waals surface area contributed by atoms with Crippen LogP contribution in [0.1, 0.15) is 16.7 Å². The van der Waals surface area contributed by atoms with Crippen LogP contribution in [0.5, 0.6) is 0 Å². The number of rotatable bonds is 6. The van der Waals surface area contributed by atoms with Gasteiger partial charge in [-0.15, -0.1) is 0 Å². The zero-order valence-electron chi connectivity index (χ0n) is 15.6. The van der Waals surface area contributed by atoms with Gasteiger partial charge in [0, 0.05) is 31.5 Å². The molecule has 1 amide bonds. The van der Waals surface area contributed by atoms with Crippen molar-refractivity contribution in [2.45, 2.75) is 25.5 Å². The van der Waals surface area contributed by atoms with Crippen LogP contribution in [0.25, 0.3) is 5.69 Å². The number of carbonyl (C=O) groups is 1. The van der Waals surface area contributed by atoms with Crippen LogP contribution >= 0.6 is 11.8 Å². The summed E-state index contributed by atoms with van der Waals surface area (Å²) in [6.07, 6.45) is 3.63. The highest BCUT2D eigenvalue weighted by Gasteiger charge is 2.15. The predicted octanol–water partition coefficient (Wildman–Crippen LogP) is 4.38. The summed E-state index contributed by atoms with van der Waals surface area (Å²) in [5.41, 5.74) is 3.95. The molecule has 0 saturated carbocycles. The normalized spacial score (nSPS) is 10.8. The molecule has 0 saturated heterocycles. The lowest BCUT2D eigenvalue weighted by molar-refractivity contribution is -0.127. The van der Waals surface area contributed by atoms with Gasteiger partial charge in [-0.2, -0.15) is 0 Å². The van der Waals surface area contributed by atoms with Crippen LogP contribution in [0.4, 0.5) is 4.39 Å². The molecular formula is C21H22FN3OS. The van der Waals surface area contributed by atoms with Crippen molar-refractivity contribution in [1.82, 2.24) is 14.5 Å². The molecule has 0 aliphatic heterocycles. The lowest BCUT2D eigenvalue weighted by Gasteiger charge is -2.18. The van der Waals surface area contributed by atoms with E-state index in [2.05, 4.69) is 24.9 Å². The van der Waals surface area contributed by atoms with Gasteiger partial charge in [0.25, 0.3) is 0 Å². The van der Waals surface area contributed by atoms with Crippen molar-refractivity contribution in [1.29, 1.82) is 0 Å². The minimum Gasteiger partial charge on any atom is -0.341 e. The molecular weight excluding hydrogens is 361 g/mol. The second-order valence-electron chi connectivity index (χ2n) is 6.43. The molecule has 0 spiro atoms. The van der Waals surface area contributed by atoms with E-state index in [1.165, 1.54) is 33.9 Å². The molecule has 0 radical (unpaired) electrons. The SMILES string of the molecule is Cc1cccc(-n2ccnc2SCC(=O)N(C)Cc2ccccc2F)c1C. The van der Waals surface area contributed by atoms with Gasteiger partial charge < -0.3 is 4.90 Å². The number of aromatic nitrogens is 2.